The largest absolute Gasteiger partial charge is 0.435 e. The molecule has 23 heavy (non-hydrogen) atoms. The van der Waals surface area contributed by atoms with E-state index < -0.39 is 6.61 Å². The summed E-state index contributed by atoms with van der Waals surface area (Å²) in [6.07, 6.45) is 0. The monoisotopic (exact) mass is 340 g/mol. The van der Waals surface area contributed by atoms with Gasteiger partial charge in [0, 0.05) is 6.54 Å². The molecule has 8 heteroatoms. The zero-order chi connectivity index (χ0) is 16.7. The van der Waals surface area contributed by atoms with E-state index in [9.17, 15) is 18.4 Å². The van der Waals surface area contributed by atoms with Crippen LogP contribution in [0.25, 0.3) is 0 Å². The molecular formula is C15H14F2N2O3S. The lowest BCUT2D eigenvalue weighted by atomic mass is 10.2. The van der Waals surface area contributed by atoms with Crippen LogP contribution in [0.3, 0.4) is 0 Å². The fraction of sp³-hybridized carbons (Fsp3) is 0.200. The lowest BCUT2D eigenvalue weighted by Crippen LogP contribution is -2.36. The van der Waals surface area contributed by atoms with Gasteiger partial charge in [-0.2, -0.15) is 8.78 Å². The molecule has 1 aromatic carbocycles. The third kappa shape index (κ3) is 5.67. The Morgan fingerprint density at radius 3 is 2.48 bits per heavy atom. The fourth-order valence-corrected chi connectivity index (χ4v) is 2.35. The Kier molecular flexibility index (Phi) is 6.04. The molecule has 0 bridgehead atoms. The molecule has 0 saturated heterocycles. The van der Waals surface area contributed by atoms with Crippen molar-refractivity contribution < 1.29 is 23.1 Å². The van der Waals surface area contributed by atoms with E-state index in [0.717, 1.165) is 5.56 Å². The van der Waals surface area contributed by atoms with E-state index in [1.165, 1.54) is 23.5 Å². The quantitative estimate of drug-likeness (QED) is 0.813. The Labute approximate surface area is 135 Å². The van der Waals surface area contributed by atoms with E-state index in [-0.39, 0.29) is 30.7 Å². The van der Waals surface area contributed by atoms with E-state index in [1.807, 2.05) is 0 Å². The second-order valence-electron chi connectivity index (χ2n) is 4.46. The van der Waals surface area contributed by atoms with Crippen LogP contribution in [-0.4, -0.2) is 25.0 Å². The summed E-state index contributed by atoms with van der Waals surface area (Å²) in [5, 5.41) is 6.90. The number of benzene rings is 1. The molecule has 0 unspecified atom stereocenters. The highest BCUT2D eigenvalue weighted by atomic mass is 32.1. The van der Waals surface area contributed by atoms with Crippen LogP contribution in [0.5, 0.6) is 5.75 Å². The molecule has 0 spiro atoms. The van der Waals surface area contributed by atoms with E-state index in [4.69, 9.17) is 0 Å². The summed E-state index contributed by atoms with van der Waals surface area (Å²) in [7, 11) is 0. The third-order valence-corrected chi connectivity index (χ3v) is 3.66. The SMILES string of the molecule is O=C(CNC(=O)c1cccs1)NCc1ccc(OC(F)F)cc1. The first-order valence-electron chi connectivity index (χ1n) is 6.67. The highest BCUT2D eigenvalue weighted by Gasteiger charge is 2.08. The zero-order valence-electron chi connectivity index (χ0n) is 11.9. The van der Waals surface area contributed by atoms with E-state index in [2.05, 4.69) is 15.4 Å². The smallest absolute Gasteiger partial charge is 0.387 e. The van der Waals surface area contributed by atoms with Crippen LogP contribution < -0.4 is 15.4 Å². The van der Waals surface area contributed by atoms with Gasteiger partial charge in [0.05, 0.1) is 11.4 Å². The summed E-state index contributed by atoms with van der Waals surface area (Å²) in [6.45, 7) is -2.78. The second kappa shape index (κ2) is 8.23. The van der Waals surface area contributed by atoms with Crippen LogP contribution in [0.4, 0.5) is 8.78 Å². The summed E-state index contributed by atoms with van der Waals surface area (Å²) in [6, 6.07) is 9.35. The minimum Gasteiger partial charge on any atom is -0.435 e. The minimum atomic E-state index is -2.87. The van der Waals surface area contributed by atoms with Gasteiger partial charge in [0.1, 0.15) is 5.75 Å². The van der Waals surface area contributed by atoms with E-state index in [0.29, 0.717) is 4.88 Å². The molecule has 0 aliphatic rings. The Morgan fingerprint density at radius 2 is 1.87 bits per heavy atom. The standard InChI is InChI=1S/C15H14F2N2O3S/c16-15(17)22-11-5-3-10(4-6-11)8-18-13(20)9-19-14(21)12-2-1-7-23-12/h1-7,15H,8-9H2,(H,18,20)(H,19,21). The molecule has 5 nitrogen and oxygen atoms in total. The van der Waals surface area contributed by atoms with Gasteiger partial charge in [0.2, 0.25) is 5.91 Å². The maximum atomic E-state index is 12.0. The number of halogens is 2. The molecule has 2 aromatic rings. The molecule has 0 fully saturated rings. The third-order valence-electron chi connectivity index (χ3n) is 2.79. The summed E-state index contributed by atoms with van der Waals surface area (Å²) in [5.41, 5.74) is 0.726. The normalized spacial score (nSPS) is 10.4. The van der Waals surface area contributed by atoms with Crippen molar-refractivity contribution in [2.75, 3.05) is 6.54 Å². The molecule has 2 N–H and O–H groups in total. The number of nitrogens with one attached hydrogen (secondary N) is 2. The molecule has 1 aromatic heterocycles. The van der Waals surface area contributed by atoms with Gasteiger partial charge in [-0.1, -0.05) is 18.2 Å². The Morgan fingerprint density at radius 1 is 1.13 bits per heavy atom. The second-order valence-corrected chi connectivity index (χ2v) is 5.41. The zero-order valence-corrected chi connectivity index (χ0v) is 12.7. The minimum absolute atomic E-state index is 0.0540. The Hall–Kier alpha value is -2.48. The number of carbonyl (C=O) groups excluding carboxylic acids is 2. The average Bonchev–Trinajstić information content (AvgIpc) is 3.06. The van der Waals surface area contributed by atoms with Gasteiger partial charge >= 0.3 is 6.61 Å². The van der Waals surface area contributed by atoms with Gasteiger partial charge in [-0.3, -0.25) is 9.59 Å². The maximum Gasteiger partial charge on any atom is 0.387 e. The molecule has 0 aliphatic heterocycles. The topological polar surface area (TPSA) is 67.4 Å². The van der Waals surface area contributed by atoms with Crippen LogP contribution in [0.2, 0.25) is 0 Å². The first-order valence-corrected chi connectivity index (χ1v) is 7.54. The van der Waals surface area contributed by atoms with Crippen LogP contribution in [0.15, 0.2) is 41.8 Å². The van der Waals surface area contributed by atoms with Crippen molar-refractivity contribution in [3.05, 3.63) is 52.2 Å². The molecule has 0 aliphatic carbocycles. The van der Waals surface area contributed by atoms with Crippen molar-refractivity contribution in [2.45, 2.75) is 13.2 Å². The summed E-state index contributed by atoms with van der Waals surface area (Å²) in [5.74, 6) is -0.593. The van der Waals surface area contributed by atoms with Crippen LogP contribution >= 0.6 is 11.3 Å². The van der Waals surface area contributed by atoms with Crippen molar-refractivity contribution in [3.63, 3.8) is 0 Å². The molecule has 1 heterocycles. The van der Waals surface area contributed by atoms with Gasteiger partial charge in [-0.05, 0) is 29.1 Å². The first kappa shape index (κ1) is 16.9. The van der Waals surface area contributed by atoms with Crippen molar-refractivity contribution >= 4 is 23.2 Å². The highest BCUT2D eigenvalue weighted by molar-refractivity contribution is 7.12. The molecule has 0 radical (unpaired) electrons. The first-order chi connectivity index (χ1) is 11.0. The Balaban J connectivity index is 1.72. The van der Waals surface area contributed by atoms with Gasteiger partial charge in [-0.25, -0.2) is 0 Å². The maximum absolute atomic E-state index is 12.0. The van der Waals surface area contributed by atoms with Gasteiger partial charge in [-0.15, -0.1) is 11.3 Å². The van der Waals surface area contributed by atoms with E-state index in [1.54, 1.807) is 29.6 Å². The Bertz CT molecular complexity index is 645. The molecule has 0 saturated carbocycles. The van der Waals surface area contributed by atoms with Crippen molar-refractivity contribution in [2.24, 2.45) is 0 Å². The van der Waals surface area contributed by atoms with Crippen molar-refractivity contribution in [3.8, 4) is 5.75 Å². The summed E-state index contributed by atoms with van der Waals surface area (Å²) < 4.78 is 28.3. The average molecular weight is 340 g/mol. The predicted molar refractivity (Wildman–Crippen MR) is 81.6 cm³/mol. The van der Waals surface area contributed by atoms with E-state index >= 15 is 0 Å². The number of hydrogen-bond acceptors (Lipinski definition) is 4. The molecule has 122 valence electrons. The highest BCUT2D eigenvalue weighted by Crippen LogP contribution is 2.14. The lowest BCUT2D eigenvalue weighted by Gasteiger charge is -2.08. The number of ether oxygens (including phenoxy) is 1. The fourth-order valence-electron chi connectivity index (χ4n) is 1.71. The molecular weight excluding hydrogens is 326 g/mol. The van der Waals surface area contributed by atoms with Gasteiger partial charge in [0.25, 0.3) is 5.91 Å². The number of rotatable bonds is 7. The molecule has 2 amide bonds. The van der Waals surface area contributed by atoms with Crippen LogP contribution in [0, 0.1) is 0 Å². The van der Waals surface area contributed by atoms with Crippen molar-refractivity contribution in [1.29, 1.82) is 0 Å². The summed E-state index contributed by atoms with van der Waals surface area (Å²) in [4.78, 5) is 23.8. The number of thiophene rings is 1. The lowest BCUT2D eigenvalue weighted by molar-refractivity contribution is -0.120. The number of carbonyl (C=O) groups is 2. The van der Waals surface area contributed by atoms with Crippen LogP contribution in [0.1, 0.15) is 15.2 Å². The number of alkyl halides is 2. The summed E-state index contributed by atoms with van der Waals surface area (Å²) >= 11 is 1.29. The van der Waals surface area contributed by atoms with Gasteiger partial charge < -0.3 is 15.4 Å². The number of hydrogen-bond donors (Lipinski definition) is 2. The van der Waals surface area contributed by atoms with Crippen LogP contribution in [-0.2, 0) is 11.3 Å². The number of amides is 2. The van der Waals surface area contributed by atoms with Crippen molar-refractivity contribution in [1.82, 2.24) is 10.6 Å². The molecule has 0 atom stereocenters. The molecule has 2 rings (SSSR count). The van der Waals surface area contributed by atoms with Gasteiger partial charge in [0.15, 0.2) is 0 Å². The predicted octanol–water partition coefficient (Wildman–Crippen LogP) is 2.40.